The van der Waals surface area contributed by atoms with Gasteiger partial charge in [0.15, 0.2) is 0 Å². The number of nitrogens with one attached hydrogen (secondary N) is 1. The van der Waals surface area contributed by atoms with Gasteiger partial charge in [-0.25, -0.2) is 12.7 Å². The van der Waals surface area contributed by atoms with Gasteiger partial charge < -0.3 is 0 Å². The Hall–Kier alpha value is -0.530. The van der Waals surface area contributed by atoms with E-state index in [-0.39, 0.29) is 4.90 Å². The molecular weight excluding hydrogens is 222 g/mol. The monoisotopic (exact) mass is 235 g/mol. The Bertz CT molecular complexity index is 360. The standard InChI is InChI=1S/C7H13N3O2S2/c1-10(3-4-13-2)14(11,12)7-5-8-9-6-7/h5-6H,3-4H2,1-2H3,(H,8,9). The van der Waals surface area contributed by atoms with E-state index in [1.807, 2.05) is 6.26 Å². The lowest BCUT2D eigenvalue weighted by molar-refractivity contribution is 0.488. The lowest BCUT2D eigenvalue weighted by atomic mass is 10.7. The fourth-order valence-electron chi connectivity index (χ4n) is 0.900. The van der Waals surface area contributed by atoms with E-state index in [9.17, 15) is 8.42 Å². The van der Waals surface area contributed by atoms with Crippen LogP contribution in [0.2, 0.25) is 0 Å². The number of rotatable bonds is 5. The number of thioether (sulfide) groups is 1. The number of nitrogens with zero attached hydrogens (tertiary/aromatic N) is 2. The van der Waals surface area contributed by atoms with Crippen molar-refractivity contribution in [3.8, 4) is 0 Å². The normalized spacial score (nSPS) is 12.2. The maximum Gasteiger partial charge on any atom is 0.245 e. The number of hydrogen-bond acceptors (Lipinski definition) is 4. The van der Waals surface area contributed by atoms with Crippen LogP contribution in [0.4, 0.5) is 0 Å². The van der Waals surface area contributed by atoms with Gasteiger partial charge in [0, 0.05) is 25.5 Å². The minimum Gasteiger partial charge on any atom is -0.284 e. The molecule has 0 amide bonds. The quantitative estimate of drug-likeness (QED) is 0.802. The molecule has 0 aliphatic carbocycles. The molecule has 1 aromatic heterocycles. The van der Waals surface area contributed by atoms with Crippen LogP contribution in [0.15, 0.2) is 17.3 Å². The predicted molar refractivity (Wildman–Crippen MR) is 56.8 cm³/mol. The summed E-state index contributed by atoms with van der Waals surface area (Å²) in [5, 5.41) is 6.10. The van der Waals surface area contributed by atoms with Crippen molar-refractivity contribution < 1.29 is 8.42 Å². The first-order valence-corrected chi connectivity index (χ1v) is 6.86. The summed E-state index contributed by atoms with van der Waals surface area (Å²) in [7, 11) is -1.77. The first-order valence-electron chi connectivity index (χ1n) is 4.03. The van der Waals surface area contributed by atoms with Gasteiger partial charge in [0.1, 0.15) is 4.90 Å². The molecule has 0 spiro atoms. The van der Waals surface area contributed by atoms with Gasteiger partial charge in [0.2, 0.25) is 10.0 Å². The third kappa shape index (κ3) is 2.49. The maximum atomic E-state index is 11.8. The molecule has 0 bridgehead atoms. The van der Waals surface area contributed by atoms with Crippen molar-refractivity contribution >= 4 is 21.8 Å². The van der Waals surface area contributed by atoms with Crippen LogP contribution in [-0.4, -0.2) is 48.5 Å². The van der Waals surface area contributed by atoms with E-state index in [1.165, 1.54) is 16.7 Å². The first-order chi connectivity index (χ1) is 6.59. The van der Waals surface area contributed by atoms with E-state index in [0.717, 1.165) is 5.75 Å². The summed E-state index contributed by atoms with van der Waals surface area (Å²) < 4.78 is 24.8. The lowest BCUT2D eigenvalue weighted by Gasteiger charge is -2.14. The van der Waals surface area contributed by atoms with Crippen molar-refractivity contribution in [2.75, 3.05) is 25.6 Å². The summed E-state index contributed by atoms with van der Waals surface area (Å²) in [5.41, 5.74) is 0. The Labute approximate surface area is 87.9 Å². The van der Waals surface area contributed by atoms with Crippen LogP contribution >= 0.6 is 11.8 Å². The molecule has 7 heteroatoms. The third-order valence-electron chi connectivity index (χ3n) is 1.79. The fraction of sp³-hybridized carbons (Fsp3) is 0.571. The maximum absolute atomic E-state index is 11.8. The van der Waals surface area contributed by atoms with Crippen molar-refractivity contribution in [1.29, 1.82) is 0 Å². The molecule has 1 N–H and O–H groups in total. The van der Waals surface area contributed by atoms with Crippen LogP contribution in [0.1, 0.15) is 0 Å². The third-order valence-corrected chi connectivity index (χ3v) is 4.20. The highest BCUT2D eigenvalue weighted by Gasteiger charge is 2.20. The van der Waals surface area contributed by atoms with Crippen LogP contribution in [0.5, 0.6) is 0 Å². The van der Waals surface area contributed by atoms with E-state index in [2.05, 4.69) is 10.2 Å². The van der Waals surface area contributed by atoms with Crippen LogP contribution in [0.25, 0.3) is 0 Å². The zero-order valence-corrected chi connectivity index (χ0v) is 9.73. The molecule has 1 aromatic rings. The molecule has 0 radical (unpaired) electrons. The number of H-pyrrole nitrogens is 1. The largest absolute Gasteiger partial charge is 0.284 e. The van der Waals surface area contributed by atoms with Gasteiger partial charge in [-0.05, 0) is 6.26 Å². The van der Waals surface area contributed by atoms with Gasteiger partial charge in [-0.2, -0.15) is 16.9 Å². The molecule has 14 heavy (non-hydrogen) atoms. The SMILES string of the molecule is CSCCN(C)S(=O)(=O)c1cn[nH]c1. The highest BCUT2D eigenvalue weighted by atomic mass is 32.2. The van der Waals surface area contributed by atoms with Gasteiger partial charge in [-0.3, -0.25) is 5.10 Å². The molecule has 0 aliphatic heterocycles. The zero-order valence-electron chi connectivity index (χ0n) is 8.10. The Morgan fingerprint density at radius 1 is 1.64 bits per heavy atom. The molecule has 0 saturated heterocycles. The average molecular weight is 235 g/mol. The molecular formula is C7H13N3O2S2. The minimum absolute atomic E-state index is 0.209. The number of sulfonamides is 1. The molecule has 1 heterocycles. The van der Waals surface area contributed by atoms with Crippen molar-refractivity contribution in [3.63, 3.8) is 0 Å². The molecule has 0 unspecified atom stereocenters. The van der Waals surface area contributed by atoms with Gasteiger partial charge >= 0.3 is 0 Å². The van der Waals surface area contributed by atoms with Crippen molar-refractivity contribution in [2.24, 2.45) is 0 Å². The highest BCUT2D eigenvalue weighted by Crippen LogP contribution is 2.11. The lowest BCUT2D eigenvalue weighted by Crippen LogP contribution is -2.28. The second-order valence-electron chi connectivity index (χ2n) is 2.75. The molecule has 0 atom stereocenters. The Morgan fingerprint density at radius 2 is 2.36 bits per heavy atom. The number of aromatic amines is 1. The predicted octanol–water partition coefficient (Wildman–Crippen LogP) is 0.393. The van der Waals surface area contributed by atoms with E-state index in [1.54, 1.807) is 18.8 Å². The van der Waals surface area contributed by atoms with Crippen LogP contribution in [0, 0.1) is 0 Å². The molecule has 0 fully saturated rings. The van der Waals surface area contributed by atoms with Crippen LogP contribution in [0.3, 0.4) is 0 Å². The summed E-state index contributed by atoms with van der Waals surface area (Å²) in [6.07, 6.45) is 4.63. The van der Waals surface area contributed by atoms with Gasteiger partial charge in [0.25, 0.3) is 0 Å². The number of aromatic nitrogens is 2. The second-order valence-corrected chi connectivity index (χ2v) is 5.78. The molecule has 1 rings (SSSR count). The second kappa shape index (κ2) is 4.81. The summed E-state index contributed by atoms with van der Waals surface area (Å²) in [4.78, 5) is 0.209. The van der Waals surface area contributed by atoms with Gasteiger partial charge in [-0.15, -0.1) is 0 Å². The van der Waals surface area contributed by atoms with Crippen molar-refractivity contribution in [2.45, 2.75) is 4.90 Å². The van der Waals surface area contributed by atoms with E-state index in [4.69, 9.17) is 0 Å². The Kier molecular flexibility index (Phi) is 3.97. The van der Waals surface area contributed by atoms with Crippen LogP contribution < -0.4 is 0 Å². The Balaban J connectivity index is 2.76. The van der Waals surface area contributed by atoms with E-state index < -0.39 is 10.0 Å². The molecule has 0 aromatic carbocycles. The minimum atomic E-state index is -3.34. The Morgan fingerprint density at radius 3 is 2.86 bits per heavy atom. The van der Waals surface area contributed by atoms with Crippen LogP contribution in [-0.2, 0) is 10.0 Å². The summed E-state index contributed by atoms with van der Waals surface area (Å²) in [6.45, 7) is 0.509. The number of hydrogen-bond donors (Lipinski definition) is 1. The smallest absolute Gasteiger partial charge is 0.245 e. The topological polar surface area (TPSA) is 66.1 Å². The van der Waals surface area contributed by atoms with Crippen molar-refractivity contribution in [3.05, 3.63) is 12.4 Å². The van der Waals surface area contributed by atoms with Gasteiger partial charge in [0.05, 0.1) is 6.20 Å². The van der Waals surface area contributed by atoms with E-state index in [0.29, 0.717) is 6.54 Å². The molecule has 0 aliphatic rings. The average Bonchev–Trinajstić information content (AvgIpc) is 2.67. The first kappa shape index (κ1) is 11.5. The van der Waals surface area contributed by atoms with E-state index >= 15 is 0 Å². The zero-order chi connectivity index (χ0) is 10.6. The van der Waals surface area contributed by atoms with Crippen molar-refractivity contribution in [1.82, 2.24) is 14.5 Å². The molecule has 0 saturated carbocycles. The van der Waals surface area contributed by atoms with Gasteiger partial charge in [-0.1, -0.05) is 0 Å². The fourth-order valence-corrected chi connectivity index (χ4v) is 2.55. The summed E-state index contributed by atoms with van der Waals surface area (Å²) >= 11 is 1.61. The molecule has 5 nitrogen and oxygen atoms in total. The summed E-state index contributed by atoms with van der Waals surface area (Å²) in [5.74, 6) is 0.785. The highest BCUT2D eigenvalue weighted by molar-refractivity contribution is 7.98. The molecule has 80 valence electrons. The summed E-state index contributed by atoms with van der Waals surface area (Å²) in [6, 6.07) is 0.